The summed E-state index contributed by atoms with van der Waals surface area (Å²) in [5.74, 6) is 0.0612. The first-order valence-electron chi connectivity index (χ1n) is 10.3. The normalized spacial score (nSPS) is 36.1. The largest absolute Gasteiger partial charge is 0.450 e. The standard InChI is InChI=1S/C19H31F3N4O2S/c1-16(2,3)25-24-15(19(20,21)22)23-9-18-7-13(18)6-14(8-18)26-5-4-17(10-26)11-29(27,28)12-17/h13-14,25H,4-12H2,1-3H3,(H,23,24)/t13-,14+,18+/m0/s1. The van der Waals surface area contributed by atoms with Gasteiger partial charge in [-0.3, -0.25) is 9.89 Å². The first-order valence-corrected chi connectivity index (χ1v) is 12.1. The van der Waals surface area contributed by atoms with Crippen LogP contribution in [0.5, 0.6) is 0 Å². The van der Waals surface area contributed by atoms with Crippen molar-refractivity contribution in [3.8, 4) is 0 Å². The number of aliphatic imine (C=N–C) groups is 1. The van der Waals surface area contributed by atoms with E-state index < -0.39 is 27.4 Å². The minimum absolute atomic E-state index is 0.0665. The van der Waals surface area contributed by atoms with Gasteiger partial charge in [0.15, 0.2) is 9.84 Å². The van der Waals surface area contributed by atoms with Crippen molar-refractivity contribution in [2.45, 2.75) is 64.2 Å². The average Bonchev–Trinajstić information content (AvgIpc) is 2.87. The van der Waals surface area contributed by atoms with E-state index in [-0.39, 0.29) is 17.4 Å². The predicted octanol–water partition coefficient (Wildman–Crippen LogP) is 2.13. The number of sulfone groups is 1. The van der Waals surface area contributed by atoms with Crippen LogP contribution in [-0.4, -0.2) is 68.1 Å². The van der Waals surface area contributed by atoms with Crippen LogP contribution in [0.4, 0.5) is 13.2 Å². The summed E-state index contributed by atoms with van der Waals surface area (Å²) in [5.41, 5.74) is 4.23. The van der Waals surface area contributed by atoms with Gasteiger partial charge in [0.2, 0.25) is 5.84 Å². The number of alkyl halides is 3. The van der Waals surface area contributed by atoms with Gasteiger partial charge in [0.1, 0.15) is 0 Å². The van der Waals surface area contributed by atoms with E-state index in [1.54, 1.807) is 20.8 Å². The van der Waals surface area contributed by atoms with E-state index in [1.165, 1.54) is 0 Å². The molecule has 1 spiro atoms. The number of fused-ring (bicyclic) bond motifs is 1. The maximum Gasteiger partial charge on any atom is 0.450 e. The summed E-state index contributed by atoms with van der Waals surface area (Å²) in [5, 5.41) is 0. The molecule has 29 heavy (non-hydrogen) atoms. The minimum atomic E-state index is -4.52. The Balaban J connectivity index is 1.35. The van der Waals surface area contributed by atoms with Crippen LogP contribution in [-0.2, 0) is 9.84 Å². The van der Waals surface area contributed by atoms with Crippen LogP contribution in [0.15, 0.2) is 4.99 Å². The summed E-state index contributed by atoms with van der Waals surface area (Å²) in [6.07, 6.45) is -0.805. The Morgan fingerprint density at radius 1 is 1.21 bits per heavy atom. The van der Waals surface area contributed by atoms with E-state index in [0.29, 0.717) is 23.5 Å². The SMILES string of the molecule is CC(C)(C)NNC(=NC[C@@]12C[C@H](N3CCC4(C3)CS(=O)(=O)C4)C[C@H]1C2)C(F)(F)F. The van der Waals surface area contributed by atoms with E-state index >= 15 is 0 Å². The second-order valence-corrected chi connectivity index (χ2v) is 12.8. The Kier molecular flexibility index (Phi) is 4.83. The fraction of sp³-hybridized carbons (Fsp3) is 0.947. The molecule has 0 bridgehead atoms. The Labute approximate surface area is 170 Å². The van der Waals surface area contributed by atoms with Crippen molar-refractivity contribution in [2.24, 2.45) is 21.7 Å². The molecule has 2 saturated heterocycles. The molecule has 2 aliphatic carbocycles. The van der Waals surface area contributed by atoms with Crippen LogP contribution in [0.3, 0.4) is 0 Å². The van der Waals surface area contributed by atoms with E-state index in [4.69, 9.17) is 0 Å². The van der Waals surface area contributed by atoms with Crippen molar-refractivity contribution in [3.63, 3.8) is 0 Å². The molecule has 4 fully saturated rings. The molecule has 4 rings (SSSR count). The summed E-state index contributed by atoms with van der Waals surface area (Å²) >= 11 is 0. The first-order chi connectivity index (χ1) is 13.2. The molecule has 0 amide bonds. The fourth-order valence-corrected chi connectivity index (χ4v) is 7.78. The predicted molar refractivity (Wildman–Crippen MR) is 105 cm³/mol. The molecule has 2 heterocycles. The van der Waals surface area contributed by atoms with Gasteiger partial charge in [-0.15, -0.1) is 0 Å². The van der Waals surface area contributed by atoms with Crippen molar-refractivity contribution in [3.05, 3.63) is 0 Å². The van der Waals surface area contributed by atoms with Crippen LogP contribution < -0.4 is 10.9 Å². The first kappa shape index (κ1) is 21.4. The molecule has 2 saturated carbocycles. The molecule has 0 aromatic heterocycles. The smallest absolute Gasteiger partial charge is 0.301 e. The van der Waals surface area contributed by atoms with Gasteiger partial charge in [-0.2, -0.15) is 13.2 Å². The zero-order valence-electron chi connectivity index (χ0n) is 17.3. The van der Waals surface area contributed by atoms with Crippen LogP contribution in [0.1, 0.15) is 46.5 Å². The van der Waals surface area contributed by atoms with Crippen molar-refractivity contribution in [1.29, 1.82) is 0 Å². The molecule has 166 valence electrons. The lowest BCUT2D eigenvalue weighted by Crippen LogP contribution is -2.53. The lowest BCUT2D eigenvalue weighted by atomic mass is 9.91. The van der Waals surface area contributed by atoms with Crippen molar-refractivity contribution >= 4 is 15.7 Å². The number of hydrogen-bond acceptors (Lipinski definition) is 5. The molecule has 10 heteroatoms. The Morgan fingerprint density at radius 2 is 1.90 bits per heavy atom. The number of halogens is 3. The maximum atomic E-state index is 13.3. The van der Waals surface area contributed by atoms with Gasteiger partial charge in [0, 0.05) is 30.1 Å². The van der Waals surface area contributed by atoms with Crippen LogP contribution in [0.25, 0.3) is 0 Å². The van der Waals surface area contributed by atoms with Gasteiger partial charge in [-0.25, -0.2) is 13.8 Å². The Bertz CT molecular complexity index is 793. The monoisotopic (exact) mass is 436 g/mol. The van der Waals surface area contributed by atoms with Gasteiger partial charge in [0.25, 0.3) is 0 Å². The second kappa shape index (κ2) is 6.56. The van der Waals surface area contributed by atoms with Crippen LogP contribution >= 0.6 is 0 Å². The number of nitrogens with one attached hydrogen (secondary N) is 2. The molecular weight excluding hydrogens is 405 g/mol. The molecule has 2 aliphatic heterocycles. The van der Waals surface area contributed by atoms with Crippen molar-refractivity contribution in [2.75, 3.05) is 31.1 Å². The lowest BCUT2D eigenvalue weighted by molar-refractivity contribution is -0.0631. The number of likely N-dealkylation sites (tertiary alicyclic amines) is 1. The molecule has 0 aromatic rings. The highest BCUT2D eigenvalue weighted by molar-refractivity contribution is 7.92. The van der Waals surface area contributed by atoms with Crippen molar-refractivity contribution in [1.82, 2.24) is 15.8 Å². The topological polar surface area (TPSA) is 73.8 Å². The zero-order valence-corrected chi connectivity index (χ0v) is 18.1. The number of rotatable bonds is 4. The van der Waals surface area contributed by atoms with Gasteiger partial charge >= 0.3 is 6.18 Å². The van der Waals surface area contributed by atoms with E-state index in [2.05, 4.69) is 20.7 Å². The summed E-state index contributed by atoms with van der Waals surface area (Å²) in [6.45, 7) is 7.24. The quantitative estimate of drug-likeness (QED) is 0.401. The van der Waals surface area contributed by atoms with E-state index in [1.807, 2.05) is 0 Å². The fourth-order valence-electron chi connectivity index (χ4n) is 5.52. The summed E-state index contributed by atoms with van der Waals surface area (Å²) in [6, 6.07) is 0.349. The summed E-state index contributed by atoms with van der Waals surface area (Å²) in [7, 11) is -2.85. The maximum absolute atomic E-state index is 13.3. The Hall–Kier alpha value is -0.870. The highest BCUT2D eigenvalue weighted by Crippen LogP contribution is 2.65. The molecule has 0 radical (unpaired) electrons. The third-order valence-electron chi connectivity index (χ3n) is 6.97. The van der Waals surface area contributed by atoms with E-state index in [0.717, 1.165) is 38.8 Å². The highest BCUT2D eigenvalue weighted by Gasteiger charge is 2.62. The number of hydrogen-bond donors (Lipinski definition) is 2. The number of hydrazine groups is 1. The summed E-state index contributed by atoms with van der Waals surface area (Å²) in [4.78, 5) is 6.34. The molecule has 3 atom stereocenters. The highest BCUT2D eigenvalue weighted by atomic mass is 32.2. The third kappa shape index (κ3) is 4.44. The average molecular weight is 437 g/mol. The Morgan fingerprint density at radius 3 is 2.48 bits per heavy atom. The number of amidine groups is 1. The second-order valence-electron chi connectivity index (χ2n) is 10.8. The van der Waals surface area contributed by atoms with Crippen LogP contribution in [0, 0.1) is 16.7 Å². The van der Waals surface area contributed by atoms with Crippen LogP contribution in [0.2, 0.25) is 0 Å². The van der Waals surface area contributed by atoms with Gasteiger partial charge in [-0.05, 0) is 64.3 Å². The lowest BCUT2D eigenvalue weighted by Gasteiger charge is -2.38. The molecule has 6 nitrogen and oxygen atoms in total. The molecule has 0 unspecified atom stereocenters. The third-order valence-corrected chi connectivity index (χ3v) is 9.07. The minimum Gasteiger partial charge on any atom is -0.301 e. The molecular formula is C19H31F3N4O2S. The van der Waals surface area contributed by atoms with Gasteiger partial charge in [-0.1, -0.05) is 0 Å². The molecule has 2 N–H and O–H groups in total. The van der Waals surface area contributed by atoms with E-state index in [9.17, 15) is 21.6 Å². The van der Waals surface area contributed by atoms with Crippen molar-refractivity contribution < 1.29 is 21.6 Å². The number of nitrogens with zero attached hydrogens (tertiary/aromatic N) is 2. The van der Waals surface area contributed by atoms with Gasteiger partial charge in [0.05, 0.1) is 11.5 Å². The molecule has 0 aromatic carbocycles. The summed E-state index contributed by atoms with van der Waals surface area (Å²) < 4.78 is 63.2. The zero-order chi connectivity index (χ0) is 21.3. The van der Waals surface area contributed by atoms with Gasteiger partial charge < -0.3 is 5.43 Å². The molecule has 4 aliphatic rings.